The van der Waals surface area contributed by atoms with E-state index < -0.39 is 4.92 Å². The van der Waals surface area contributed by atoms with Crippen LogP contribution in [0.4, 0.5) is 11.5 Å². The summed E-state index contributed by atoms with van der Waals surface area (Å²) < 4.78 is 7.03. The predicted molar refractivity (Wildman–Crippen MR) is 104 cm³/mol. The van der Waals surface area contributed by atoms with E-state index in [9.17, 15) is 14.9 Å². The zero-order valence-electron chi connectivity index (χ0n) is 15.4. The molecule has 8 heteroatoms. The van der Waals surface area contributed by atoms with Gasteiger partial charge in [0.25, 0.3) is 11.6 Å². The van der Waals surface area contributed by atoms with Crippen molar-refractivity contribution < 1.29 is 14.5 Å². The number of nitrogens with one attached hydrogen (secondary N) is 1. The molecule has 3 rings (SSSR count). The maximum Gasteiger partial charge on any atom is 0.273 e. The van der Waals surface area contributed by atoms with E-state index in [1.807, 2.05) is 12.1 Å². The third kappa shape index (κ3) is 4.94. The average Bonchev–Trinajstić information content (AvgIpc) is 3.13. The van der Waals surface area contributed by atoms with E-state index in [4.69, 9.17) is 4.74 Å². The Labute approximate surface area is 161 Å². The van der Waals surface area contributed by atoms with Gasteiger partial charge in [-0.05, 0) is 23.6 Å². The van der Waals surface area contributed by atoms with Gasteiger partial charge in [-0.1, -0.05) is 37.3 Å². The lowest BCUT2D eigenvalue weighted by Crippen LogP contribution is -2.22. The molecule has 3 aromatic rings. The van der Waals surface area contributed by atoms with E-state index in [0.29, 0.717) is 12.4 Å². The Morgan fingerprint density at radius 2 is 1.93 bits per heavy atom. The number of hydrogen-bond acceptors (Lipinski definition) is 5. The van der Waals surface area contributed by atoms with Crippen LogP contribution in [0, 0.1) is 10.1 Å². The third-order valence-electron chi connectivity index (χ3n) is 4.15. The zero-order chi connectivity index (χ0) is 19.9. The van der Waals surface area contributed by atoms with E-state index >= 15 is 0 Å². The number of aromatic nitrogens is 2. The van der Waals surface area contributed by atoms with Gasteiger partial charge >= 0.3 is 0 Å². The number of nitro groups is 1. The largest absolute Gasteiger partial charge is 0.484 e. The molecule has 1 aromatic heterocycles. The molecule has 0 saturated carbocycles. The number of nitrogens with zero attached hydrogens (tertiary/aromatic N) is 3. The van der Waals surface area contributed by atoms with E-state index in [1.165, 1.54) is 23.8 Å². The van der Waals surface area contributed by atoms with Crippen LogP contribution in [0.2, 0.25) is 0 Å². The predicted octanol–water partition coefficient (Wildman–Crippen LogP) is 3.42. The van der Waals surface area contributed by atoms with E-state index in [0.717, 1.165) is 12.0 Å². The third-order valence-corrected chi connectivity index (χ3v) is 4.15. The van der Waals surface area contributed by atoms with Gasteiger partial charge in [0.2, 0.25) is 0 Å². The molecule has 0 unspecified atom stereocenters. The summed E-state index contributed by atoms with van der Waals surface area (Å²) in [5, 5.41) is 17.8. The highest BCUT2D eigenvalue weighted by Crippen LogP contribution is 2.19. The first-order chi connectivity index (χ1) is 13.5. The SMILES string of the molecule is CCc1ccc(Cn2nccc2NC(=O)COc2cccc([N+](=O)[O-])c2)cc1. The summed E-state index contributed by atoms with van der Waals surface area (Å²) in [6.45, 7) is 2.36. The second-order valence-electron chi connectivity index (χ2n) is 6.14. The number of aryl methyl sites for hydroxylation is 1. The summed E-state index contributed by atoms with van der Waals surface area (Å²) in [5.74, 6) is 0.427. The van der Waals surface area contributed by atoms with Crippen molar-refractivity contribution >= 4 is 17.4 Å². The molecule has 144 valence electrons. The Morgan fingerprint density at radius 3 is 2.64 bits per heavy atom. The Balaban J connectivity index is 1.58. The molecule has 28 heavy (non-hydrogen) atoms. The number of carbonyl (C=O) groups is 1. The molecule has 2 aromatic carbocycles. The van der Waals surface area contributed by atoms with Gasteiger partial charge in [-0.25, -0.2) is 4.68 Å². The number of carbonyl (C=O) groups excluding carboxylic acids is 1. The summed E-state index contributed by atoms with van der Waals surface area (Å²) in [4.78, 5) is 22.5. The van der Waals surface area contributed by atoms with Crippen LogP contribution in [-0.2, 0) is 17.8 Å². The molecule has 0 radical (unpaired) electrons. The molecule has 1 amide bonds. The second-order valence-corrected chi connectivity index (χ2v) is 6.14. The van der Waals surface area contributed by atoms with Crippen molar-refractivity contribution in [2.75, 3.05) is 11.9 Å². The highest BCUT2D eigenvalue weighted by atomic mass is 16.6. The Kier molecular flexibility index (Phi) is 6.01. The molecule has 0 aliphatic rings. The number of non-ortho nitro benzene ring substituents is 1. The van der Waals surface area contributed by atoms with Crippen LogP contribution in [-0.4, -0.2) is 27.2 Å². The van der Waals surface area contributed by atoms with Crippen LogP contribution in [0.5, 0.6) is 5.75 Å². The van der Waals surface area contributed by atoms with Gasteiger partial charge in [-0.15, -0.1) is 0 Å². The van der Waals surface area contributed by atoms with Crippen LogP contribution in [0.25, 0.3) is 0 Å². The molecule has 1 N–H and O–H groups in total. The standard InChI is InChI=1S/C20H20N4O4/c1-2-15-6-8-16(9-7-15)13-23-19(10-11-21-23)22-20(25)14-28-18-5-3-4-17(12-18)24(26)27/h3-12H,2,13-14H2,1H3,(H,22,25). The lowest BCUT2D eigenvalue weighted by atomic mass is 10.1. The first kappa shape index (κ1) is 19.1. The second kappa shape index (κ2) is 8.81. The molecule has 0 spiro atoms. The maximum absolute atomic E-state index is 12.2. The van der Waals surface area contributed by atoms with Crippen molar-refractivity contribution in [2.45, 2.75) is 19.9 Å². The maximum atomic E-state index is 12.2. The normalized spacial score (nSPS) is 10.5. The Hall–Kier alpha value is -3.68. The van der Waals surface area contributed by atoms with Gasteiger partial charge in [0.1, 0.15) is 11.6 Å². The van der Waals surface area contributed by atoms with Crippen LogP contribution < -0.4 is 10.1 Å². The van der Waals surface area contributed by atoms with Gasteiger partial charge in [-0.3, -0.25) is 14.9 Å². The highest BCUT2D eigenvalue weighted by Gasteiger charge is 2.11. The van der Waals surface area contributed by atoms with Crippen molar-refractivity contribution in [3.05, 3.63) is 82.0 Å². The lowest BCUT2D eigenvalue weighted by Gasteiger charge is -2.10. The number of hydrogen-bond donors (Lipinski definition) is 1. The number of amides is 1. The Morgan fingerprint density at radius 1 is 1.18 bits per heavy atom. The zero-order valence-corrected chi connectivity index (χ0v) is 15.4. The van der Waals surface area contributed by atoms with E-state index in [-0.39, 0.29) is 24.0 Å². The molecular weight excluding hydrogens is 360 g/mol. The summed E-state index contributed by atoms with van der Waals surface area (Å²) >= 11 is 0. The van der Waals surface area contributed by atoms with Gasteiger partial charge in [0, 0.05) is 12.1 Å². The van der Waals surface area contributed by atoms with Crippen LogP contribution in [0.3, 0.4) is 0 Å². The smallest absolute Gasteiger partial charge is 0.273 e. The molecular formula is C20H20N4O4. The fourth-order valence-electron chi connectivity index (χ4n) is 2.63. The van der Waals surface area contributed by atoms with Gasteiger partial charge in [-0.2, -0.15) is 5.10 Å². The highest BCUT2D eigenvalue weighted by molar-refractivity contribution is 5.91. The van der Waals surface area contributed by atoms with Crippen LogP contribution >= 0.6 is 0 Å². The molecule has 0 bridgehead atoms. The van der Waals surface area contributed by atoms with E-state index in [2.05, 4.69) is 29.5 Å². The van der Waals surface area contributed by atoms with Crippen molar-refractivity contribution in [2.24, 2.45) is 0 Å². The van der Waals surface area contributed by atoms with Crippen molar-refractivity contribution in [3.8, 4) is 5.75 Å². The van der Waals surface area contributed by atoms with Crippen LogP contribution in [0.15, 0.2) is 60.8 Å². The molecule has 0 fully saturated rings. The molecule has 0 atom stereocenters. The van der Waals surface area contributed by atoms with Gasteiger partial charge in [0.05, 0.1) is 23.7 Å². The summed E-state index contributed by atoms with van der Waals surface area (Å²) in [6.07, 6.45) is 2.59. The van der Waals surface area contributed by atoms with Crippen LogP contribution in [0.1, 0.15) is 18.1 Å². The minimum Gasteiger partial charge on any atom is -0.484 e. The summed E-state index contributed by atoms with van der Waals surface area (Å²) in [5.41, 5.74) is 2.24. The quantitative estimate of drug-likeness (QED) is 0.477. The number of ether oxygens (including phenoxy) is 1. The summed E-state index contributed by atoms with van der Waals surface area (Å²) in [6, 6.07) is 15.6. The van der Waals surface area contributed by atoms with E-state index in [1.54, 1.807) is 23.0 Å². The van der Waals surface area contributed by atoms with Crippen molar-refractivity contribution in [3.63, 3.8) is 0 Å². The Bertz CT molecular complexity index is 966. The monoisotopic (exact) mass is 380 g/mol. The molecule has 0 saturated heterocycles. The van der Waals surface area contributed by atoms with Gasteiger partial charge < -0.3 is 10.1 Å². The molecule has 8 nitrogen and oxygen atoms in total. The first-order valence-electron chi connectivity index (χ1n) is 8.82. The fourth-order valence-corrected chi connectivity index (χ4v) is 2.63. The fraction of sp³-hybridized carbons (Fsp3) is 0.200. The minimum absolute atomic E-state index is 0.0925. The number of nitro benzene ring substituents is 1. The molecule has 0 aliphatic heterocycles. The van der Waals surface area contributed by atoms with Gasteiger partial charge in [0.15, 0.2) is 6.61 Å². The van der Waals surface area contributed by atoms with Crippen molar-refractivity contribution in [1.29, 1.82) is 0 Å². The first-order valence-corrected chi connectivity index (χ1v) is 8.82. The number of rotatable bonds is 8. The topological polar surface area (TPSA) is 99.3 Å². The summed E-state index contributed by atoms with van der Waals surface area (Å²) in [7, 11) is 0. The minimum atomic E-state index is -0.515. The average molecular weight is 380 g/mol. The lowest BCUT2D eigenvalue weighted by molar-refractivity contribution is -0.384. The molecule has 0 aliphatic carbocycles. The number of anilines is 1. The molecule has 1 heterocycles. The number of benzene rings is 2. The van der Waals surface area contributed by atoms with Crippen molar-refractivity contribution in [1.82, 2.24) is 9.78 Å².